The number of ether oxygens (including phenoxy) is 2. The lowest BCUT2D eigenvalue weighted by Crippen LogP contribution is -2.42. The maximum atomic E-state index is 6.12. The van der Waals surface area contributed by atoms with Gasteiger partial charge in [-0.15, -0.1) is 13.2 Å². The Morgan fingerprint density at radius 3 is 2.04 bits per heavy atom. The molecule has 0 amide bonds. The van der Waals surface area contributed by atoms with E-state index in [1.165, 1.54) is 0 Å². The first-order valence-electron chi connectivity index (χ1n) is 8.57. The Balaban J connectivity index is 1.92. The third-order valence-electron chi connectivity index (χ3n) is 3.85. The van der Waals surface area contributed by atoms with E-state index in [4.69, 9.17) is 9.47 Å². The van der Waals surface area contributed by atoms with E-state index in [0.717, 1.165) is 11.1 Å². The van der Waals surface area contributed by atoms with E-state index in [9.17, 15) is 0 Å². The van der Waals surface area contributed by atoms with E-state index in [2.05, 4.69) is 42.7 Å². The zero-order chi connectivity index (χ0) is 17.7. The zero-order valence-corrected chi connectivity index (χ0v) is 14.6. The number of hydrogen-bond donors (Lipinski definition) is 1. The topological polar surface area (TPSA) is 30.5 Å². The van der Waals surface area contributed by atoms with Crippen LogP contribution in [0.25, 0.3) is 0 Å². The van der Waals surface area contributed by atoms with Crippen molar-refractivity contribution in [3.05, 3.63) is 97.1 Å². The summed E-state index contributed by atoms with van der Waals surface area (Å²) < 4.78 is 12.0. The highest BCUT2D eigenvalue weighted by Crippen LogP contribution is 2.10. The first kappa shape index (κ1) is 19.1. The van der Waals surface area contributed by atoms with Gasteiger partial charge in [0.25, 0.3) is 0 Å². The summed E-state index contributed by atoms with van der Waals surface area (Å²) in [6.45, 7) is 9.97. The van der Waals surface area contributed by atoms with Crippen molar-refractivity contribution < 1.29 is 9.47 Å². The highest BCUT2D eigenvalue weighted by molar-refractivity contribution is 5.14. The Kier molecular flexibility index (Phi) is 8.70. The Hall–Kier alpha value is -2.20. The molecule has 132 valence electrons. The van der Waals surface area contributed by atoms with Crippen LogP contribution >= 0.6 is 0 Å². The molecule has 3 heteroatoms. The minimum absolute atomic E-state index is 0.00233. The second kappa shape index (κ2) is 11.4. The van der Waals surface area contributed by atoms with Gasteiger partial charge in [-0.1, -0.05) is 72.8 Å². The minimum Gasteiger partial charge on any atom is -0.374 e. The Bertz CT molecular complexity index is 612. The summed E-state index contributed by atoms with van der Waals surface area (Å²) in [4.78, 5) is 0. The first-order valence-corrected chi connectivity index (χ1v) is 8.57. The normalized spacial score (nSPS) is 13.1. The van der Waals surface area contributed by atoms with E-state index in [0.29, 0.717) is 26.4 Å². The molecule has 3 nitrogen and oxygen atoms in total. The van der Waals surface area contributed by atoms with E-state index in [1.54, 1.807) is 0 Å². The molecule has 0 unspecified atom stereocenters. The Morgan fingerprint density at radius 2 is 1.48 bits per heavy atom. The lowest BCUT2D eigenvalue weighted by molar-refractivity contribution is -0.0395. The molecule has 1 N–H and O–H groups in total. The van der Waals surface area contributed by atoms with Gasteiger partial charge in [0.15, 0.2) is 0 Å². The molecule has 0 bridgehead atoms. The molecule has 0 aliphatic carbocycles. The van der Waals surface area contributed by atoms with Gasteiger partial charge in [-0.25, -0.2) is 0 Å². The molecule has 0 aliphatic rings. The number of nitrogens with one attached hydrogen (secondary N) is 1. The molecule has 2 aromatic rings. The van der Waals surface area contributed by atoms with E-state index >= 15 is 0 Å². The third-order valence-corrected chi connectivity index (χ3v) is 3.85. The quantitative estimate of drug-likeness (QED) is 0.591. The molecule has 0 fully saturated rings. The van der Waals surface area contributed by atoms with Gasteiger partial charge in [0.2, 0.25) is 0 Å². The summed E-state index contributed by atoms with van der Waals surface area (Å²) in [6.07, 6.45) is 3.57. The molecule has 2 rings (SSSR count). The molecule has 0 aliphatic heterocycles. The van der Waals surface area contributed by atoms with Crippen LogP contribution in [0.3, 0.4) is 0 Å². The van der Waals surface area contributed by atoms with Crippen molar-refractivity contribution in [2.24, 2.45) is 0 Å². The average Bonchev–Trinajstić information content (AvgIpc) is 2.67. The number of benzene rings is 2. The molecule has 25 heavy (non-hydrogen) atoms. The smallest absolute Gasteiger partial charge is 0.100 e. The van der Waals surface area contributed by atoms with Crippen molar-refractivity contribution in [3.63, 3.8) is 0 Å². The minimum atomic E-state index is -0.124. The van der Waals surface area contributed by atoms with Crippen molar-refractivity contribution in [2.45, 2.75) is 25.4 Å². The molecule has 0 aromatic heterocycles. The summed E-state index contributed by atoms with van der Waals surface area (Å²) in [5.74, 6) is 0. The van der Waals surface area contributed by atoms with Crippen LogP contribution in [0.1, 0.15) is 11.1 Å². The van der Waals surface area contributed by atoms with E-state index < -0.39 is 0 Å². The van der Waals surface area contributed by atoms with E-state index in [-0.39, 0.29) is 12.1 Å². The largest absolute Gasteiger partial charge is 0.374 e. The van der Waals surface area contributed by atoms with Crippen molar-refractivity contribution in [3.8, 4) is 0 Å². The molecule has 0 saturated carbocycles. The summed E-state index contributed by atoms with van der Waals surface area (Å²) in [6, 6.07) is 20.3. The van der Waals surface area contributed by atoms with Crippen LogP contribution < -0.4 is 5.32 Å². The van der Waals surface area contributed by atoms with Gasteiger partial charge in [-0.3, -0.25) is 0 Å². The van der Waals surface area contributed by atoms with Crippen LogP contribution in [0.4, 0.5) is 0 Å². The van der Waals surface area contributed by atoms with Crippen LogP contribution in [-0.4, -0.2) is 25.3 Å². The van der Waals surface area contributed by atoms with Crippen molar-refractivity contribution >= 4 is 0 Å². The van der Waals surface area contributed by atoms with Crippen LogP contribution in [0.2, 0.25) is 0 Å². The van der Waals surface area contributed by atoms with E-state index in [1.807, 2.05) is 48.6 Å². The Morgan fingerprint density at radius 1 is 0.880 bits per heavy atom. The van der Waals surface area contributed by atoms with Gasteiger partial charge < -0.3 is 14.8 Å². The van der Waals surface area contributed by atoms with Gasteiger partial charge in [0, 0.05) is 6.54 Å². The maximum absolute atomic E-state index is 6.12. The molecular weight excluding hydrogens is 310 g/mol. The lowest BCUT2D eigenvalue weighted by atomic mass is 10.1. The predicted octanol–water partition coefficient (Wildman–Crippen LogP) is 4.12. The highest BCUT2D eigenvalue weighted by Gasteiger charge is 2.19. The number of hydrogen-bond acceptors (Lipinski definition) is 3. The van der Waals surface area contributed by atoms with Gasteiger partial charge >= 0.3 is 0 Å². The summed E-state index contributed by atoms with van der Waals surface area (Å²) in [5, 5.41) is 3.36. The fourth-order valence-electron chi connectivity index (χ4n) is 2.49. The molecule has 0 saturated heterocycles. The summed E-state index contributed by atoms with van der Waals surface area (Å²) in [7, 11) is 0. The van der Waals surface area contributed by atoms with Crippen LogP contribution in [-0.2, 0) is 22.7 Å². The monoisotopic (exact) mass is 337 g/mol. The third kappa shape index (κ3) is 7.06. The van der Waals surface area contributed by atoms with Crippen LogP contribution in [0, 0.1) is 0 Å². The molecule has 2 atom stereocenters. The maximum Gasteiger partial charge on any atom is 0.100 e. The summed E-state index contributed by atoms with van der Waals surface area (Å²) >= 11 is 0. The first-order chi connectivity index (χ1) is 12.3. The molecule has 0 heterocycles. The predicted molar refractivity (Wildman–Crippen MR) is 103 cm³/mol. The molecule has 2 aromatic carbocycles. The summed E-state index contributed by atoms with van der Waals surface area (Å²) in [5.41, 5.74) is 2.29. The van der Waals surface area contributed by atoms with Crippen LogP contribution in [0.15, 0.2) is 86.0 Å². The SMILES string of the molecule is C=CCN[C@H](C=C)[C@@H](COCc1ccccc1)OCc1ccccc1. The van der Waals surface area contributed by atoms with Gasteiger partial charge in [0.1, 0.15) is 6.10 Å². The molecule has 0 spiro atoms. The zero-order valence-electron chi connectivity index (χ0n) is 14.6. The average molecular weight is 337 g/mol. The fraction of sp³-hybridized carbons (Fsp3) is 0.273. The second-order valence-corrected chi connectivity index (χ2v) is 5.79. The number of rotatable bonds is 12. The van der Waals surface area contributed by atoms with Gasteiger partial charge in [0.05, 0.1) is 25.9 Å². The van der Waals surface area contributed by atoms with Crippen LogP contribution in [0.5, 0.6) is 0 Å². The van der Waals surface area contributed by atoms with Crippen molar-refractivity contribution in [1.82, 2.24) is 5.32 Å². The van der Waals surface area contributed by atoms with Crippen molar-refractivity contribution in [1.29, 1.82) is 0 Å². The lowest BCUT2D eigenvalue weighted by Gasteiger charge is -2.25. The second-order valence-electron chi connectivity index (χ2n) is 5.79. The highest BCUT2D eigenvalue weighted by atomic mass is 16.5. The standard InChI is InChI=1S/C22H27NO2/c1-3-15-23-21(4-2)22(25-17-20-13-9-6-10-14-20)18-24-16-19-11-7-5-8-12-19/h3-14,21-23H,1-2,15-18H2/t21-,22-/m1/s1. The van der Waals surface area contributed by atoms with Crippen molar-refractivity contribution in [2.75, 3.05) is 13.2 Å². The van der Waals surface area contributed by atoms with Gasteiger partial charge in [-0.05, 0) is 11.1 Å². The molecule has 0 radical (unpaired) electrons. The van der Waals surface area contributed by atoms with Gasteiger partial charge in [-0.2, -0.15) is 0 Å². The fourth-order valence-corrected chi connectivity index (χ4v) is 2.49. The Labute approximate surface area is 151 Å². The molecular formula is C22H27NO2.